The largest absolute Gasteiger partial charge is 0.292 e. The van der Waals surface area contributed by atoms with Crippen LogP contribution in [0.25, 0.3) is 21.3 Å². The van der Waals surface area contributed by atoms with Gasteiger partial charge in [0.05, 0.1) is 18.3 Å². The number of nitrogens with zero attached hydrogens (tertiary/aromatic N) is 2. The quantitative estimate of drug-likeness (QED) is 0.432. The van der Waals surface area contributed by atoms with Crippen molar-refractivity contribution in [3.05, 3.63) is 86.8 Å². The average Bonchev–Trinajstić information content (AvgIpc) is 3.17. The highest BCUT2D eigenvalue weighted by molar-refractivity contribution is 7.17. The summed E-state index contributed by atoms with van der Waals surface area (Å²) < 4.78 is 1.41. The molecule has 0 aliphatic carbocycles. The Hall–Kier alpha value is -3.05. The van der Waals surface area contributed by atoms with E-state index in [1.54, 1.807) is 0 Å². The molecule has 0 fully saturated rings. The molecule has 0 unspecified atom stereocenters. The van der Waals surface area contributed by atoms with Gasteiger partial charge in [-0.1, -0.05) is 43.3 Å². The van der Waals surface area contributed by atoms with Crippen molar-refractivity contribution in [2.45, 2.75) is 33.7 Å². The van der Waals surface area contributed by atoms with Gasteiger partial charge in [0.1, 0.15) is 4.83 Å². The van der Waals surface area contributed by atoms with Crippen LogP contribution in [0.3, 0.4) is 0 Å². The molecule has 0 bridgehead atoms. The molecule has 0 saturated heterocycles. The summed E-state index contributed by atoms with van der Waals surface area (Å²) in [6.45, 7) is 6.09. The van der Waals surface area contributed by atoms with E-state index in [0.29, 0.717) is 15.8 Å². The summed E-state index contributed by atoms with van der Waals surface area (Å²) >= 11 is 1.45. The van der Waals surface area contributed by atoms with E-state index in [1.807, 2.05) is 49.6 Å². The minimum absolute atomic E-state index is 0.0195. The van der Waals surface area contributed by atoms with Crippen molar-refractivity contribution < 1.29 is 4.79 Å². The lowest BCUT2D eigenvalue weighted by atomic mass is 10.0. The minimum atomic E-state index is -0.178. The highest BCUT2D eigenvalue weighted by Crippen LogP contribution is 2.30. The van der Waals surface area contributed by atoms with Crippen molar-refractivity contribution >= 4 is 27.3 Å². The number of hydrogen-bond donors (Lipinski definition) is 0. The molecule has 29 heavy (non-hydrogen) atoms. The Balaban J connectivity index is 1.72. The number of benzene rings is 2. The topological polar surface area (TPSA) is 52.0 Å². The first-order valence-corrected chi connectivity index (χ1v) is 10.5. The number of ketones is 1. The summed E-state index contributed by atoms with van der Waals surface area (Å²) in [5.74, 6) is -0.0968. The zero-order valence-corrected chi connectivity index (χ0v) is 17.5. The van der Waals surface area contributed by atoms with Gasteiger partial charge in [0, 0.05) is 16.5 Å². The van der Waals surface area contributed by atoms with E-state index in [2.05, 4.69) is 24.0 Å². The summed E-state index contributed by atoms with van der Waals surface area (Å²) in [6, 6.07) is 13.9. The van der Waals surface area contributed by atoms with Crippen LogP contribution in [0.4, 0.5) is 0 Å². The van der Waals surface area contributed by atoms with Crippen molar-refractivity contribution in [2.24, 2.45) is 0 Å². The van der Waals surface area contributed by atoms with Gasteiger partial charge in [-0.3, -0.25) is 14.2 Å². The van der Waals surface area contributed by atoms with Gasteiger partial charge in [0.15, 0.2) is 5.78 Å². The van der Waals surface area contributed by atoms with Crippen molar-refractivity contribution in [3.63, 3.8) is 0 Å². The number of aryl methyl sites for hydroxylation is 3. The van der Waals surface area contributed by atoms with Crippen molar-refractivity contribution in [2.75, 3.05) is 0 Å². The molecule has 0 aliphatic rings. The average molecular weight is 403 g/mol. The van der Waals surface area contributed by atoms with Crippen molar-refractivity contribution in [3.8, 4) is 11.1 Å². The maximum atomic E-state index is 13.2. The summed E-state index contributed by atoms with van der Waals surface area (Å²) in [4.78, 5) is 31.0. The molecule has 0 amide bonds. The third kappa shape index (κ3) is 3.66. The van der Waals surface area contributed by atoms with E-state index < -0.39 is 0 Å². The summed E-state index contributed by atoms with van der Waals surface area (Å²) in [7, 11) is 0. The predicted molar refractivity (Wildman–Crippen MR) is 119 cm³/mol. The number of aromatic nitrogens is 2. The molecule has 5 heteroatoms. The van der Waals surface area contributed by atoms with Gasteiger partial charge in [-0.2, -0.15) is 0 Å². The normalized spacial score (nSPS) is 11.1. The van der Waals surface area contributed by atoms with Crippen LogP contribution in [0.15, 0.2) is 59.0 Å². The first kappa shape index (κ1) is 19.3. The van der Waals surface area contributed by atoms with Crippen LogP contribution in [0.1, 0.15) is 34.0 Å². The van der Waals surface area contributed by atoms with Gasteiger partial charge < -0.3 is 0 Å². The zero-order valence-electron chi connectivity index (χ0n) is 16.7. The Morgan fingerprint density at radius 1 is 1.07 bits per heavy atom. The molecule has 0 spiro atoms. The minimum Gasteiger partial charge on any atom is -0.292 e. The smallest absolute Gasteiger partial charge is 0.263 e. The highest BCUT2D eigenvalue weighted by Gasteiger charge is 2.15. The molecule has 4 nitrogen and oxygen atoms in total. The molecule has 0 radical (unpaired) electrons. The van der Waals surface area contributed by atoms with Crippen molar-refractivity contribution in [1.82, 2.24) is 9.55 Å². The Morgan fingerprint density at radius 2 is 1.83 bits per heavy atom. The Morgan fingerprint density at radius 3 is 2.52 bits per heavy atom. The Labute approximate surface area is 173 Å². The first-order valence-electron chi connectivity index (χ1n) is 9.64. The number of fused-ring (bicyclic) bond motifs is 1. The van der Waals surface area contributed by atoms with E-state index >= 15 is 0 Å². The molecule has 4 rings (SSSR count). The second-order valence-electron chi connectivity index (χ2n) is 7.28. The van der Waals surface area contributed by atoms with Crippen LogP contribution in [0, 0.1) is 13.8 Å². The number of hydrogen-bond acceptors (Lipinski definition) is 4. The number of carbonyl (C=O) groups is 1. The maximum absolute atomic E-state index is 13.2. The molecule has 146 valence electrons. The number of thiophene rings is 1. The van der Waals surface area contributed by atoms with E-state index in [0.717, 1.165) is 28.7 Å². The van der Waals surface area contributed by atoms with Crippen LogP contribution in [-0.4, -0.2) is 15.3 Å². The van der Waals surface area contributed by atoms with Crippen LogP contribution < -0.4 is 5.56 Å². The van der Waals surface area contributed by atoms with Crippen molar-refractivity contribution in [1.29, 1.82) is 0 Å². The molecule has 2 aromatic heterocycles. The van der Waals surface area contributed by atoms with E-state index in [-0.39, 0.29) is 17.9 Å². The number of carbonyl (C=O) groups excluding carboxylic acids is 1. The lowest BCUT2D eigenvalue weighted by molar-refractivity contribution is 0.0970. The van der Waals surface area contributed by atoms with Gasteiger partial charge in [0.2, 0.25) is 0 Å². The van der Waals surface area contributed by atoms with Crippen LogP contribution >= 0.6 is 11.3 Å². The lowest BCUT2D eigenvalue weighted by Gasteiger charge is -2.08. The lowest BCUT2D eigenvalue weighted by Crippen LogP contribution is -2.24. The fourth-order valence-electron chi connectivity index (χ4n) is 3.37. The molecule has 0 atom stereocenters. The summed E-state index contributed by atoms with van der Waals surface area (Å²) in [6.07, 6.45) is 2.45. The summed E-state index contributed by atoms with van der Waals surface area (Å²) in [5.41, 5.74) is 5.75. The van der Waals surface area contributed by atoms with E-state index in [9.17, 15) is 9.59 Å². The fraction of sp³-hybridized carbons (Fsp3) is 0.208. The van der Waals surface area contributed by atoms with E-state index in [1.165, 1.54) is 27.8 Å². The SMILES string of the molecule is CCc1ccc(-c2csc3ncn(CC(=O)c4ccc(C)c(C)c4)c(=O)c23)cc1. The number of Topliss-reactive ketones (excluding diaryl/α,β-unsaturated/α-hetero) is 1. The van der Waals surface area contributed by atoms with Gasteiger partial charge in [0.25, 0.3) is 5.56 Å². The zero-order chi connectivity index (χ0) is 20.5. The van der Waals surface area contributed by atoms with Gasteiger partial charge in [-0.05, 0) is 48.6 Å². The molecule has 0 aliphatic heterocycles. The molecule has 0 N–H and O–H groups in total. The van der Waals surface area contributed by atoms with Gasteiger partial charge >= 0.3 is 0 Å². The van der Waals surface area contributed by atoms with Crippen LogP contribution in [0.2, 0.25) is 0 Å². The summed E-state index contributed by atoms with van der Waals surface area (Å²) in [5, 5.41) is 2.55. The Kier molecular flexibility index (Phi) is 5.16. The van der Waals surface area contributed by atoms with E-state index in [4.69, 9.17) is 0 Å². The van der Waals surface area contributed by atoms with Crippen LogP contribution in [0.5, 0.6) is 0 Å². The van der Waals surface area contributed by atoms with Gasteiger partial charge in [-0.25, -0.2) is 4.98 Å². The van der Waals surface area contributed by atoms with Gasteiger partial charge in [-0.15, -0.1) is 11.3 Å². The first-order chi connectivity index (χ1) is 14.0. The van der Waals surface area contributed by atoms with Crippen LogP contribution in [-0.2, 0) is 13.0 Å². The molecule has 4 aromatic rings. The Bertz CT molecular complexity index is 1270. The third-order valence-corrected chi connectivity index (χ3v) is 6.26. The number of rotatable bonds is 5. The maximum Gasteiger partial charge on any atom is 0.263 e. The second kappa shape index (κ2) is 7.76. The second-order valence-corrected chi connectivity index (χ2v) is 8.14. The monoisotopic (exact) mass is 402 g/mol. The third-order valence-electron chi connectivity index (χ3n) is 5.38. The molecule has 2 aromatic carbocycles. The predicted octanol–water partition coefficient (Wildman–Crippen LogP) is 5.19. The molecule has 0 saturated carbocycles. The fourth-order valence-corrected chi connectivity index (χ4v) is 4.28. The highest BCUT2D eigenvalue weighted by atomic mass is 32.1. The molecule has 2 heterocycles. The molecular weight excluding hydrogens is 380 g/mol. The molecular formula is C24H22N2O2S. The standard InChI is InChI=1S/C24H22N2O2S/c1-4-17-6-9-18(10-7-17)20-13-29-23-22(20)24(28)26(14-25-23)12-21(27)19-8-5-15(2)16(3)11-19/h5-11,13-14H,4,12H2,1-3H3.